The number of hydrogen-bond donors (Lipinski definition) is 0. The van der Waals surface area contributed by atoms with Crippen molar-refractivity contribution in [2.24, 2.45) is 0 Å². The van der Waals surface area contributed by atoms with Gasteiger partial charge in [0.2, 0.25) is 5.91 Å². The number of nitrogens with zero attached hydrogens (tertiary/aromatic N) is 2. The van der Waals surface area contributed by atoms with Gasteiger partial charge in [0.15, 0.2) is 5.78 Å². The summed E-state index contributed by atoms with van der Waals surface area (Å²) in [5, 5.41) is 0. The molecule has 0 N–H and O–H groups in total. The standard InChI is InChI=1S/C20H21FN2O3/c1-14-3-5-17(26-14)6-8-20(25)23-11-9-22(10-12-23)19-7-4-16(15(2)24)13-18(19)21/h3-8,13H,9-12H2,1-2H3/b8-6+. The first-order valence-electron chi connectivity index (χ1n) is 8.53. The molecular formula is C20H21FN2O3. The van der Waals surface area contributed by atoms with Crippen LogP contribution in [0.5, 0.6) is 0 Å². The Morgan fingerprint density at radius 2 is 1.85 bits per heavy atom. The Kier molecular flexibility index (Phi) is 5.21. The second-order valence-electron chi connectivity index (χ2n) is 6.32. The fraction of sp³-hybridized carbons (Fsp3) is 0.300. The second-order valence-corrected chi connectivity index (χ2v) is 6.32. The first-order chi connectivity index (χ1) is 12.4. The Labute approximate surface area is 151 Å². The predicted molar refractivity (Wildman–Crippen MR) is 97.7 cm³/mol. The van der Waals surface area contributed by atoms with Crippen LogP contribution >= 0.6 is 0 Å². The number of furan rings is 1. The molecule has 0 unspecified atom stereocenters. The molecule has 1 fully saturated rings. The number of benzene rings is 1. The molecule has 3 rings (SSSR count). The van der Waals surface area contributed by atoms with Gasteiger partial charge in [0.1, 0.15) is 17.3 Å². The summed E-state index contributed by atoms with van der Waals surface area (Å²) in [6, 6.07) is 8.18. The van der Waals surface area contributed by atoms with E-state index in [0.29, 0.717) is 43.2 Å². The lowest BCUT2D eigenvalue weighted by molar-refractivity contribution is -0.126. The molecule has 1 aliphatic heterocycles. The summed E-state index contributed by atoms with van der Waals surface area (Å²) in [5.74, 6) is 0.770. The number of Topliss-reactive ketones (excluding diaryl/α,β-unsaturated/α-hetero) is 1. The van der Waals surface area contributed by atoms with Crippen molar-refractivity contribution < 1.29 is 18.4 Å². The fourth-order valence-corrected chi connectivity index (χ4v) is 2.95. The van der Waals surface area contributed by atoms with Gasteiger partial charge in [-0.05, 0) is 50.3 Å². The van der Waals surface area contributed by atoms with Gasteiger partial charge in [0, 0.05) is 37.8 Å². The van der Waals surface area contributed by atoms with E-state index in [4.69, 9.17) is 4.42 Å². The van der Waals surface area contributed by atoms with E-state index in [0.717, 1.165) is 5.76 Å². The van der Waals surface area contributed by atoms with Crippen LogP contribution in [0.4, 0.5) is 10.1 Å². The van der Waals surface area contributed by atoms with Gasteiger partial charge in [0.05, 0.1) is 5.69 Å². The monoisotopic (exact) mass is 356 g/mol. The molecule has 26 heavy (non-hydrogen) atoms. The van der Waals surface area contributed by atoms with Gasteiger partial charge in [-0.1, -0.05) is 0 Å². The average Bonchev–Trinajstić information content (AvgIpc) is 3.05. The van der Waals surface area contributed by atoms with Crippen molar-refractivity contribution in [1.82, 2.24) is 4.90 Å². The van der Waals surface area contributed by atoms with E-state index in [2.05, 4.69) is 0 Å². The summed E-state index contributed by atoms with van der Waals surface area (Å²) < 4.78 is 19.7. The van der Waals surface area contributed by atoms with Gasteiger partial charge >= 0.3 is 0 Å². The lowest BCUT2D eigenvalue weighted by atomic mass is 10.1. The van der Waals surface area contributed by atoms with E-state index >= 15 is 0 Å². The first kappa shape index (κ1) is 17.9. The van der Waals surface area contributed by atoms with Crippen LogP contribution in [-0.4, -0.2) is 42.8 Å². The zero-order valence-corrected chi connectivity index (χ0v) is 14.9. The zero-order chi connectivity index (χ0) is 18.7. The second kappa shape index (κ2) is 7.56. The molecule has 1 aromatic heterocycles. The number of carbonyl (C=O) groups excluding carboxylic acids is 2. The van der Waals surface area contributed by atoms with Crippen molar-refractivity contribution in [1.29, 1.82) is 0 Å². The summed E-state index contributed by atoms with van der Waals surface area (Å²) in [5.41, 5.74) is 0.821. The Hall–Kier alpha value is -2.89. The van der Waals surface area contributed by atoms with Crippen molar-refractivity contribution in [2.45, 2.75) is 13.8 Å². The minimum absolute atomic E-state index is 0.0916. The molecule has 5 nitrogen and oxygen atoms in total. The number of ketones is 1. The van der Waals surface area contributed by atoms with E-state index in [1.807, 2.05) is 24.0 Å². The van der Waals surface area contributed by atoms with Crippen LogP contribution in [-0.2, 0) is 4.79 Å². The van der Waals surface area contributed by atoms with E-state index in [9.17, 15) is 14.0 Å². The lowest BCUT2D eigenvalue weighted by Crippen LogP contribution is -2.48. The SMILES string of the molecule is CC(=O)c1ccc(N2CCN(C(=O)/C=C/c3ccc(C)o3)CC2)c(F)c1. The van der Waals surface area contributed by atoms with E-state index in [-0.39, 0.29) is 11.7 Å². The summed E-state index contributed by atoms with van der Waals surface area (Å²) in [4.78, 5) is 27.2. The minimum atomic E-state index is -0.412. The highest BCUT2D eigenvalue weighted by atomic mass is 19.1. The van der Waals surface area contributed by atoms with Crippen LogP contribution in [0.2, 0.25) is 0 Å². The fourth-order valence-electron chi connectivity index (χ4n) is 2.95. The molecule has 0 aliphatic carbocycles. The molecule has 1 amide bonds. The number of carbonyl (C=O) groups is 2. The van der Waals surface area contributed by atoms with Crippen LogP contribution in [0.3, 0.4) is 0 Å². The zero-order valence-electron chi connectivity index (χ0n) is 14.9. The third-order valence-electron chi connectivity index (χ3n) is 4.44. The third kappa shape index (κ3) is 4.02. The molecule has 1 aromatic carbocycles. The van der Waals surface area contributed by atoms with Crippen molar-refractivity contribution in [3.8, 4) is 0 Å². The molecule has 0 atom stereocenters. The summed E-state index contributed by atoms with van der Waals surface area (Å²) in [6.45, 7) is 5.35. The highest BCUT2D eigenvalue weighted by Gasteiger charge is 2.22. The Morgan fingerprint density at radius 3 is 2.42 bits per heavy atom. The van der Waals surface area contributed by atoms with E-state index in [1.165, 1.54) is 19.1 Å². The van der Waals surface area contributed by atoms with Crippen LogP contribution in [0.1, 0.15) is 28.8 Å². The maximum atomic E-state index is 14.3. The van der Waals surface area contributed by atoms with Gasteiger partial charge in [-0.25, -0.2) is 4.39 Å². The number of aryl methyl sites for hydroxylation is 1. The molecule has 0 radical (unpaired) electrons. The third-order valence-corrected chi connectivity index (χ3v) is 4.44. The minimum Gasteiger partial charge on any atom is -0.462 e. The van der Waals surface area contributed by atoms with Crippen LogP contribution in [0.25, 0.3) is 6.08 Å². The van der Waals surface area contributed by atoms with Gasteiger partial charge in [-0.15, -0.1) is 0 Å². The first-order valence-corrected chi connectivity index (χ1v) is 8.53. The summed E-state index contributed by atoms with van der Waals surface area (Å²) in [6.07, 6.45) is 3.15. The number of piperazine rings is 1. The van der Waals surface area contributed by atoms with Crippen molar-refractivity contribution in [3.05, 3.63) is 59.3 Å². The molecule has 1 saturated heterocycles. The Balaban J connectivity index is 1.59. The van der Waals surface area contributed by atoms with Crippen molar-refractivity contribution in [2.75, 3.05) is 31.1 Å². The Bertz CT molecular complexity index is 848. The lowest BCUT2D eigenvalue weighted by Gasteiger charge is -2.35. The molecule has 2 heterocycles. The summed E-state index contributed by atoms with van der Waals surface area (Å²) >= 11 is 0. The molecule has 6 heteroatoms. The van der Waals surface area contributed by atoms with E-state index < -0.39 is 5.82 Å². The predicted octanol–water partition coefficient (Wildman–Crippen LogP) is 3.29. The van der Waals surface area contributed by atoms with E-state index in [1.54, 1.807) is 23.1 Å². The van der Waals surface area contributed by atoms with Crippen LogP contribution in [0.15, 0.2) is 40.8 Å². The molecule has 2 aromatic rings. The summed E-state index contributed by atoms with van der Waals surface area (Å²) in [7, 11) is 0. The quantitative estimate of drug-likeness (QED) is 0.623. The maximum absolute atomic E-state index is 14.3. The number of amides is 1. The van der Waals surface area contributed by atoms with Gasteiger partial charge in [0.25, 0.3) is 0 Å². The number of rotatable bonds is 4. The smallest absolute Gasteiger partial charge is 0.246 e. The molecular weight excluding hydrogens is 335 g/mol. The van der Waals surface area contributed by atoms with Gasteiger partial charge < -0.3 is 14.2 Å². The number of anilines is 1. The largest absolute Gasteiger partial charge is 0.462 e. The molecule has 136 valence electrons. The highest BCUT2D eigenvalue weighted by Crippen LogP contribution is 2.22. The molecule has 1 aliphatic rings. The van der Waals surface area contributed by atoms with Crippen LogP contribution in [0, 0.1) is 12.7 Å². The molecule has 0 saturated carbocycles. The highest BCUT2D eigenvalue weighted by molar-refractivity contribution is 5.94. The molecule has 0 bridgehead atoms. The maximum Gasteiger partial charge on any atom is 0.246 e. The normalized spacial score (nSPS) is 14.9. The average molecular weight is 356 g/mol. The topological polar surface area (TPSA) is 53.8 Å². The van der Waals surface area contributed by atoms with Gasteiger partial charge in [-0.3, -0.25) is 9.59 Å². The molecule has 0 spiro atoms. The van der Waals surface area contributed by atoms with Gasteiger partial charge in [-0.2, -0.15) is 0 Å². The number of hydrogen-bond acceptors (Lipinski definition) is 4. The Morgan fingerprint density at radius 1 is 1.12 bits per heavy atom. The number of halogens is 1. The van der Waals surface area contributed by atoms with Crippen molar-refractivity contribution >= 4 is 23.5 Å². The van der Waals surface area contributed by atoms with Crippen LogP contribution < -0.4 is 4.90 Å². The van der Waals surface area contributed by atoms with Crippen molar-refractivity contribution in [3.63, 3.8) is 0 Å².